The molecule has 0 atom stereocenters. The Morgan fingerprint density at radius 2 is 2.05 bits per heavy atom. The lowest BCUT2D eigenvalue weighted by molar-refractivity contribution is 0.624. The van der Waals surface area contributed by atoms with E-state index in [1.807, 2.05) is 25.3 Å². The fourth-order valence-corrected chi connectivity index (χ4v) is 2.89. The van der Waals surface area contributed by atoms with Gasteiger partial charge in [0, 0.05) is 28.1 Å². The first-order valence-electron chi connectivity index (χ1n) is 6.65. The molecule has 21 heavy (non-hydrogen) atoms. The maximum absolute atomic E-state index is 13.2. The van der Waals surface area contributed by atoms with Gasteiger partial charge in [0.05, 0.1) is 0 Å². The van der Waals surface area contributed by atoms with E-state index in [1.54, 1.807) is 12.3 Å². The lowest BCUT2D eigenvalue weighted by Gasteiger charge is -2.10. The van der Waals surface area contributed by atoms with Crippen LogP contribution in [0.2, 0.25) is 0 Å². The van der Waals surface area contributed by atoms with Gasteiger partial charge in [0.25, 0.3) is 0 Å². The highest BCUT2D eigenvalue weighted by Crippen LogP contribution is 2.21. The zero-order valence-corrected chi connectivity index (χ0v) is 13.7. The molecule has 2 aromatic carbocycles. The molecule has 0 fully saturated rings. The average molecular weight is 392 g/mol. The molecule has 0 saturated carbocycles. The predicted octanol–water partition coefficient (Wildman–Crippen LogP) is 4.65. The highest BCUT2D eigenvalue weighted by Gasteiger charge is 2.08. The van der Waals surface area contributed by atoms with Crippen molar-refractivity contribution in [3.63, 3.8) is 0 Å². The minimum atomic E-state index is -0.195. The molecule has 4 heteroatoms. The van der Waals surface area contributed by atoms with Crippen molar-refractivity contribution < 1.29 is 4.39 Å². The third-order valence-electron chi connectivity index (χ3n) is 3.44. The van der Waals surface area contributed by atoms with E-state index in [9.17, 15) is 4.39 Å². The highest BCUT2D eigenvalue weighted by atomic mass is 127. The van der Waals surface area contributed by atoms with Gasteiger partial charge in [0.2, 0.25) is 0 Å². The number of aryl methyl sites for hydroxylation is 1. The molecule has 1 heterocycles. The second-order valence-corrected chi connectivity index (χ2v) is 6.21. The summed E-state index contributed by atoms with van der Waals surface area (Å²) in [6.07, 6.45) is 3.76. The molecule has 0 spiro atoms. The third kappa shape index (κ3) is 3.15. The summed E-state index contributed by atoms with van der Waals surface area (Å²) >= 11 is 2.30. The maximum Gasteiger partial charge on any atom is 0.140 e. The van der Waals surface area contributed by atoms with E-state index >= 15 is 0 Å². The van der Waals surface area contributed by atoms with Crippen LogP contribution in [0, 0.1) is 16.3 Å². The standard InChI is InChI=1S/C17H14FIN2/c1-12-9-15(18)6-5-14(12)11-21-8-7-20-17(21)13-3-2-4-16(19)10-13/h2-10H,11H2,1H3. The quantitative estimate of drug-likeness (QED) is 0.594. The monoisotopic (exact) mass is 392 g/mol. The van der Waals surface area contributed by atoms with Crippen molar-refractivity contribution in [1.29, 1.82) is 0 Å². The van der Waals surface area contributed by atoms with Crippen LogP contribution in [0.4, 0.5) is 4.39 Å². The number of benzene rings is 2. The first-order valence-corrected chi connectivity index (χ1v) is 7.73. The van der Waals surface area contributed by atoms with E-state index in [4.69, 9.17) is 0 Å². The molecule has 3 aromatic rings. The van der Waals surface area contributed by atoms with Gasteiger partial charge in [-0.2, -0.15) is 0 Å². The van der Waals surface area contributed by atoms with E-state index in [1.165, 1.54) is 9.64 Å². The Morgan fingerprint density at radius 3 is 2.81 bits per heavy atom. The van der Waals surface area contributed by atoms with Gasteiger partial charge in [-0.1, -0.05) is 18.2 Å². The summed E-state index contributed by atoms with van der Waals surface area (Å²) in [4.78, 5) is 4.46. The first-order chi connectivity index (χ1) is 10.1. The molecule has 0 radical (unpaired) electrons. The topological polar surface area (TPSA) is 17.8 Å². The van der Waals surface area contributed by atoms with E-state index in [0.29, 0.717) is 6.54 Å². The Kier molecular flexibility index (Phi) is 4.05. The Labute approximate surface area is 136 Å². The summed E-state index contributed by atoms with van der Waals surface area (Å²) in [5.41, 5.74) is 3.14. The van der Waals surface area contributed by atoms with Crippen LogP contribution in [0.3, 0.4) is 0 Å². The summed E-state index contributed by atoms with van der Waals surface area (Å²) in [7, 11) is 0. The van der Waals surface area contributed by atoms with E-state index < -0.39 is 0 Å². The summed E-state index contributed by atoms with van der Waals surface area (Å²) in [5, 5.41) is 0. The molecular weight excluding hydrogens is 378 g/mol. The smallest absolute Gasteiger partial charge is 0.140 e. The van der Waals surface area contributed by atoms with E-state index in [2.05, 4.69) is 50.3 Å². The number of hydrogen-bond donors (Lipinski definition) is 0. The molecular formula is C17H14FIN2. The number of rotatable bonds is 3. The first kappa shape index (κ1) is 14.3. The van der Waals surface area contributed by atoms with Crippen LogP contribution in [0.25, 0.3) is 11.4 Å². The molecule has 0 aliphatic heterocycles. The van der Waals surface area contributed by atoms with Crippen molar-refractivity contribution in [3.05, 3.63) is 75.4 Å². The normalized spacial score (nSPS) is 10.8. The molecule has 0 aliphatic rings. The number of aromatic nitrogens is 2. The summed E-state index contributed by atoms with van der Waals surface area (Å²) in [6.45, 7) is 2.62. The minimum absolute atomic E-state index is 0.195. The Hall–Kier alpha value is -1.69. The van der Waals surface area contributed by atoms with Gasteiger partial charge in [0.15, 0.2) is 0 Å². The van der Waals surface area contributed by atoms with E-state index in [0.717, 1.165) is 22.5 Å². The molecule has 2 nitrogen and oxygen atoms in total. The van der Waals surface area contributed by atoms with Crippen molar-refractivity contribution in [2.24, 2.45) is 0 Å². The SMILES string of the molecule is Cc1cc(F)ccc1Cn1ccnc1-c1cccc(I)c1. The Bertz CT molecular complexity index is 780. The number of imidazole rings is 1. The van der Waals surface area contributed by atoms with Crippen molar-refractivity contribution in [1.82, 2.24) is 9.55 Å². The number of halogens is 2. The number of nitrogens with zero attached hydrogens (tertiary/aromatic N) is 2. The molecule has 0 aliphatic carbocycles. The van der Waals surface area contributed by atoms with Crippen LogP contribution in [-0.2, 0) is 6.54 Å². The average Bonchev–Trinajstić information content (AvgIpc) is 2.90. The largest absolute Gasteiger partial charge is 0.327 e. The van der Waals surface area contributed by atoms with Crippen molar-refractivity contribution >= 4 is 22.6 Å². The van der Waals surface area contributed by atoms with Gasteiger partial charge in [-0.25, -0.2) is 9.37 Å². The minimum Gasteiger partial charge on any atom is -0.327 e. The molecule has 0 bridgehead atoms. The Morgan fingerprint density at radius 1 is 1.19 bits per heavy atom. The second kappa shape index (κ2) is 5.97. The molecule has 3 rings (SSSR count). The van der Waals surface area contributed by atoms with Crippen LogP contribution < -0.4 is 0 Å². The molecule has 1 aromatic heterocycles. The van der Waals surface area contributed by atoms with Crippen LogP contribution >= 0.6 is 22.6 Å². The van der Waals surface area contributed by atoms with Gasteiger partial charge in [-0.3, -0.25) is 0 Å². The molecule has 0 amide bonds. The van der Waals surface area contributed by atoms with Crippen molar-refractivity contribution in [2.75, 3.05) is 0 Å². The van der Waals surface area contributed by atoms with Gasteiger partial charge < -0.3 is 4.57 Å². The van der Waals surface area contributed by atoms with Gasteiger partial charge >= 0.3 is 0 Å². The maximum atomic E-state index is 13.2. The van der Waals surface area contributed by atoms with Gasteiger partial charge in [0.1, 0.15) is 11.6 Å². The zero-order chi connectivity index (χ0) is 14.8. The van der Waals surface area contributed by atoms with Crippen LogP contribution in [0.15, 0.2) is 54.9 Å². The second-order valence-electron chi connectivity index (χ2n) is 4.96. The molecule has 0 saturated heterocycles. The van der Waals surface area contributed by atoms with Crippen LogP contribution in [0.5, 0.6) is 0 Å². The fourth-order valence-electron chi connectivity index (χ4n) is 2.34. The Balaban J connectivity index is 1.96. The summed E-state index contributed by atoms with van der Waals surface area (Å²) < 4.78 is 16.5. The summed E-state index contributed by atoms with van der Waals surface area (Å²) in [6, 6.07) is 13.2. The lowest BCUT2D eigenvalue weighted by Crippen LogP contribution is -2.03. The third-order valence-corrected chi connectivity index (χ3v) is 4.11. The fraction of sp³-hybridized carbons (Fsp3) is 0.118. The van der Waals surface area contributed by atoms with Crippen molar-refractivity contribution in [3.8, 4) is 11.4 Å². The molecule has 0 unspecified atom stereocenters. The molecule has 0 N–H and O–H groups in total. The number of hydrogen-bond acceptors (Lipinski definition) is 1. The summed E-state index contributed by atoms with van der Waals surface area (Å²) in [5.74, 6) is 0.733. The molecule has 106 valence electrons. The lowest BCUT2D eigenvalue weighted by atomic mass is 10.1. The van der Waals surface area contributed by atoms with Crippen LogP contribution in [0.1, 0.15) is 11.1 Å². The van der Waals surface area contributed by atoms with Crippen LogP contribution in [-0.4, -0.2) is 9.55 Å². The predicted molar refractivity (Wildman–Crippen MR) is 90.6 cm³/mol. The zero-order valence-electron chi connectivity index (χ0n) is 11.6. The van der Waals surface area contributed by atoms with Crippen molar-refractivity contribution in [2.45, 2.75) is 13.5 Å². The van der Waals surface area contributed by atoms with E-state index in [-0.39, 0.29) is 5.82 Å². The highest BCUT2D eigenvalue weighted by molar-refractivity contribution is 14.1. The van der Waals surface area contributed by atoms with Gasteiger partial charge in [-0.15, -0.1) is 0 Å². The van der Waals surface area contributed by atoms with Gasteiger partial charge in [-0.05, 0) is 64.9 Å².